The molecule has 25 heavy (non-hydrogen) atoms. The average molecular weight is 356 g/mol. The van der Waals surface area contributed by atoms with Gasteiger partial charge in [0.25, 0.3) is 0 Å². The molecule has 5 heteroatoms. The second-order valence-corrected chi connectivity index (χ2v) is 7.79. The van der Waals surface area contributed by atoms with E-state index in [1.807, 2.05) is 0 Å². The van der Waals surface area contributed by atoms with Crippen molar-refractivity contribution in [2.75, 3.05) is 72.2 Å². The molecular weight excluding hydrogens is 314 g/mol. The van der Waals surface area contributed by atoms with Gasteiger partial charge >= 0.3 is 0 Å². The average Bonchev–Trinajstić information content (AvgIpc) is 2.64. The fourth-order valence-electron chi connectivity index (χ4n) is 3.87. The SMILES string of the molecule is CCOCCCN1CCN(CCCOC2CCN(C(C)C)CC2)CC1. The first-order valence-corrected chi connectivity index (χ1v) is 10.6. The Hall–Kier alpha value is -0.200. The smallest absolute Gasteiger partial charge is 0.0599 e. The van der Waals surface area contributed by atoms with Crippen LogP contribution in [0.5, 0.6) is 0 Å². The van der Waals surface area contributed by atoms with Crippen molar-refractivity contribution < 1.29 is 9.47 Å². The van der Waals surface area contributed by atoms with Crippen LogP contribution in [-0.4, -0.2) is 99.0 Å². The Morgan fingerprint density at radius 3 is 1.92 bits per heavy atom. The third-order valence-electron chi connectivity index (χ3n) is 5.61. The number of hydrogen-bond acceptors (Lipinski definition) is 5. The van der Waals surface area contributed by atoms with E-state index in [2.05, 4.69) is 35.5 Å². The van der Waals surface area contributed by atoms with Gasteiger partial charge in [-0.15, -0.1) is 0 Å². The Balaban J connectivity index is 1.44. The first kappa shape index (κ1) is 21.1. The van der Waals surface area contributed by atoms with E-state index in [9.17, 15) is 0 Å². The van der Waals surface area contributed by atoms with E-state index in [4.69, 9.17) is 9.47 Å². The van der Waals surface area contributed by atoms with Crippen LogP contribution in [0.3, 0.4) is 0 Å². The molecule has 2 aliphatic heterocycles. The van der Waals surface area contributed by atoms with Gasteiger partial charge in [0.05, 0.1) is 6.10 Å². The molecule has 148 valence electrons. The maximum absolute atomic E-state index is 6.12. The predicted octanol–water partition coefficient (Wildman–Crippen LogP) is 2.31. The van der Waals surface area contributed by atoms with Gasteiger partial charge in [-0.05, 0) is 46.5 Å². The van der Waals surface area contributed by atoms with Crippen LogP contribution in [0.25, 0.3) is 0 Å². The van der Waals surface area contributed by atoms with Crippen LogP contribution in [0.2, 0.25) is 0 Å². The third kappa shape index (κ3) is 8.35. The van der Waals surface area contributed by atoms with Crippen molar-refractivity contribution in [3.8, 4) is 0 Å². The lowest BCUT2D eigenvalue weighted by atomic mass is 10.1. The normalized spacial score (nSPS) is 22.1. The molecule has 0 aromatic carbocycles. The minimum absolute atomic E-state index is 0.497. The van der Waals surface area contributed by atoms with Crippen molar-refractivity contribution in [3.63, 3.8) is 0 Å². The molecule has 0 saturated carbocycles. The van der Waals surface area contributed by atoms with E-state index < -0.39 is 0 Å². The zero-order chi connectivity index (χ0) is 17.9. The maximum atomic E-state index is 6.12. The molecule has 0 amide bonds. The summed E-state index contributed by atoms with van der Waals surface area (Å²) in [6, 6.07) is 0.679. The highest BCUT2D eigenvalue weighted by atomic mass is 16.5. The van der Waals surface area contributed by atoms with Gasteiger partial charge in [0.15, 0.2) is 0 Å². The molecule has 2 heterocycles. The van der Waals surface area contributed by atoms with Gasteiger partial charge in [-0.3, -0.25) is 0 Å². The van der Waals surface area contributed by atoms with Crippen LogP contribution < -0.4 is 0 Å². The highest BCUT2D eigenvalue weighted by Crippen LogP contribution is 2.16. The van der Waals surface area contributed by atoms with Crippen molar-refractivity contribution in [1.29, 1.82) is 0 Å². The molecule has 0 N–H and O–H groups in total. The highest BCUT2D eigenvalue weighted by Gasteiger charge is 2.21. The van der Waals surface area contributed by atoms with Crippen LogP contribution >= 0.6 is 0 Å². The van der Waals surface area contributed by atoms with Gasteiger partial charge in [0, 0.05) is 78.2 Å². The minimum Gasteiger partial charge on any atom is -0.382 e. The molecule has 0 atom stereocenters. The number of likely N-dealkylation sites (tertiary alicyclic amines) is 1. The molecular formula is C20H41N3O2. The van der Waals surface area contributed by atoms with E-state index in [0.29, 0.717) is 12.1 Å². The second-order valence-electron chi connectivity index (χ2n) is 7.79. The van der Waals surface area contributed by atoms with Crippen molar-refractivity contribution >= 4 is 0 Å². The first-order valence-electron chi connectivity index (χ1n) is 10.6. The van der Waals surface area contributed by atoms with Gasteiger partial charge in [-0.1, -0.05) is 0 Å². The molecule has 0 spiro atoms. The Bertz CT molecular complexity index is 325. The van der Waals surface area contributed by atoms with Crippen LogP contribution in [0, 0.1) is 0 Å². The zero-order valence-corrected chi connectivity index (χ0v) is 16.9. The van der Waals surface area contributed by atoms with E-state index >= 15 is 0 Å². The van der Waals surface area contributed by atoms with Crippen LogP contribution in [0.1, 0.15) is 46.5 Å². The monoisotopic (exact) mass is 355 g/mol. The Kier molecular flexibility index (Phi) is 10.3. The van der Waals surface area contributed by atoms with Gasteiger partial charge in [0.1, 0.15) is 0 Å². The maximum Gasteiger partial charge on any atom is 0.0599 e. The second kappa shape index (κ2) is 12.2. The topological polar surface area (TPSA) is 28.2 Å². The van der Waals surface area contributed by atoms with Crippen molar-refractivity contribution in [2.24, 2.45) is 0 Å². The summed E-state index contributed by atoms with van der Waals surface area (Å²) in [6.45, 7) is 18.9. The van der Waals surface area contributed by atoms with E-state index in [1.54, 1.807) is 0 Å². The molecule has 0 radical (unpaired) electrons. The molecule has 5 nitrogen and oxygen atoms in total. The number of nitrogens with zero attached hydrogens (tertiary/aromatic N) is 3. The first-order chi connectivity index (χ1) is 12.2. The highest BCUT2D eigenvalue weighted by molar-refractivity contribution is 4.75. The number of ether oxygens (including phenoxy) is 2. The number of piperidine rings is 1. The standard InChI is InChI=1S/C20H41N3O2/c1-4-24-17-5-9-21-13-15-22(16-14-21)10-6-18-25-20-7-11-23(12-8-20)19(2)3/h19-20H,4-18H2,1-3H3. The summed E-state index contributed by atoms with van der Waals surface area (Å²) in [6.07, 6.45) is 5.25. The Labute approximate surface area is 155 Å². The molecule has 2 rings (SSSR count). The molecule has 0 bridgehead atoms. The largest absolute Gasteiger partial charge is 0.382 e. The van der Waals surface area contributed by atoms with Gasteiger partial charge in [0.2, 0.25) is 0 Å². The van der Waals surface area contributed by atoms with Gasteiger partial charge in [-0.25, -0.2) is 0 Å². The summed E-state index contributed by atoms with van der Waals surface area (Å²) < 4.78 is 11.5. The van der Waals surface area contributed by atoms with Crippen molar-refractivity contribution in [2.45, 2.75) is 58.6 Å². The fraction of sp³-hybridized carbons (Fsp3) is 1.00. The molecule has 0 aromatic rings. The Morgan fingerprint density at radius 2 is 1.40 bits per heavy atom. The van der Waals surface area contributed by atoms with Crippen molar-refractivity contribution in [3.05, 3.63) is 0 Å². The summed E-state index contributed by atoms with van der Waals surface area (Å²) in [4.78, 5) is 7.74. The zero-order valence-electron chi connectivity index (χ0n) is 16.9. The lowest BCUT2D eigenvalue weighted by molar-refractivity contribution is -0.00321. The Morgan fingerprint density at radius 1 is 0.840 bits per heavy atom. The quantitative estimate of drug-likeness (QED) is 0.530. The predicted molar refractivity (Wildman–Crippen MR) is 104 cm³/mol. The van der Waals surface area contributed by atoms with Crippen LogP contribution in [0.15, 0.2) is 0 Å². The van der Waals surface area contributed by atoms with Crippen LogP contribution in [-0.2, 0) is 9.47 Å². The molecule has 0 aromatic heterocycles. The van der Waals surface area contributed by atoms with Crippen LogP contribution in [0.4, 0.5) is 0 Å². The number of piperazine rings is 1. The molecule has 0 unspecified atom stereocenters. The molecule has 0 aliphatic carbocycles. The molecule has 2 saturated heterocycles. The summed E-state index contributed by atoms with van der Waals surface area (Å²) in [7, 11) is 0. The minimum atomic E-state index is 0.497. The van der Waals surface area contributed by atoms with E-state index in [1.165, 1.54) is 71.6 Å². The van der Waals surface area contributed by atoms with Gasteiger partial charge in [-0.2, -0.15) is 0 Å². The third-order valence-corrected chi connectivity index (χ3v) is 5.61. The van der Waals surface area contributed by atoms with Gasteiger partial charge < -0.3 is 24.2 Å². The summed E-state index contributed by atoms with van der Waals surface area (Å²) in [5, 5.41) is 0. The fourth-order valence-corrected chi connectivity index (χ4v) is 3.87. The van der Waals surface area contributed by atoms with E-state index in [0.717, 1.165) is 26.2 Å². The molecule has 2 fully saturated rings. The summed E-state index contributed by atoms with van der Waals surface area (Å²) in [5.74, 6) is 0. The summed E-state index contributed by atoms with van der Waals surface area (Å²) in [5.41, 5.74) is 0. The lowest BCUT2D eigenvalue weighted by Gasteiger charge is -2.35. The number of hydrogen-bond donors (Lipinski definition) is 0. The molecule has 2 aliphatic rings. The number of rotatable bonds is 11. The summed E-state index contributed by atoms with van der Waals surface area (Å²) >= 11 is 0. The van der Waals surface area contributed by atoms with E-state index in [-0.39, 0.29) is 0 Å². The van der Waals surface area contributed by atoms with Crippen molar-refractivity contribution in [1.82, 2.24) is 14.7 Å². The lowest BCUT2D eigenvalue weighted by Crippen LogP contribution is -2.47.